The summed E-state index contributed by atoms with van der Waals surface area (Å²) in [6, 6.07) is 4.30. The van der Waals surface area contributed by atoms with Crippen molar-refractivity contribution >= 4 is 11.7 Å². The van der Waals surface area contributed by atoms with Gasteiger partial charge in [-0.1, -0.05) is 12.1 Å². The van der Waals surface area contributed by atoms with Crippen LogP contribution in [0.1, 0.15) is 5.56 Å². The molecule has 0 aliphatic rings. The number of hydrogen-bond acceptors (Lipinski definition) is 1. The van der Waals surface area contributed by atoms with E-state index >= 15 is 0 Å². The van der Waals surface area contributed by atoms with E-state index in [2.05, 4.69) is 11.9 Å². The molecule has 3 nitrogen and oxygen atoms in total. The van der Waals surface area contributed by atoms with Gasteiger partial charge in [0.25, 0.3) is 0 Å². The predicted molar refractivity (Wildman–Crippen MR) is 63.0 cm³/mol. The van der Waals surface area contributed by atoms with Crippen LogP contribution in [-0.2, 0) is 0 Å². The quantitative estimate of drug-likeness (QED) is 0.783. The highest BCUT2D eigenvalue weighted by Crippen LogP contribution is 2.17. The largest absolute Gasteiger partial charge is 0.324 e. The maximum atomic E-state index is 13.2. The standard InChI is InChI=1S/C12H15FN2O/c1-4-8-15(3)12(16)14-11-7-5-6-10(13)9(11)2/h4-7H,1,8H2,2-3H3,(H,14,16). The normalized spacial score (nSPS) is 9.69. The third-order valence-electron chi connectivity index (χ3n) is 2.26. The predicted octanol–water partition coefficient (Wildman–Crippen LogP) is 2.78. The summed E-state index contributed by atoms with van der Waals surface area (Å²) in [5.74, 6) is -0.329. The monoisotopic (exact) mass is 222 g/mol. The number of rotatable bonds is 3. The fourth-order valence-electron chi connectivity index (χ4n) is 1.23. The number of halogens is 1. The van der Waals surface area contributed by atoms with E-state index in [1.165, 1.54) is 11.0 Å². The second kappa shape index (κ2) is 5.30. The number of benzene rings is 1. The third-order valence-corrected chi connectivity index (χ3v) is 2.26. The van der Waals surface area contributed by atoms with Gasteiger partial charge >= 0.3 is 6.03 Å². The van der Waals surface area contributed by atoms with Crippen molar-refractivity contribution in [3.63, 3.8) is 0 Å². The molecule has 0 atom stereocenters. The Morgan fingerprint density at radius 1 is 1.62 bits per heavy atom. The lowest BCUT2D eigenvalue weighted by Gasteiger charge is -2.17. The maximum Gasteiger partial charge on any atom is 0.321 e. The molecule has 16 heavy (non-hydrogen) atoms. The molecule has 2 amide bonds. The number of amides is 2. The second-order valence-electron chi connectivity index (χ2n) is 3.51. The molecule has 0 spiro atoms. The van der Waals surface area contributed by atoms with Crippen LogP contribution in [0.25, 0.3) is 0 Å². The molecular weight excluding hydrogens is 207 g/mol. The Bertz CT molecular complexity index is 404. The van der Waals surface area contributed by atoms with Gasteiger partial charge in [-0.25, -0.2) is 9.18 Å². The first-order valence-electron chi connectivity index (χ1n) is 4.94. The van der Waals surface area contributed by atoms with Gasteiger partial charge in [-0.2, -0.15) is 0 Å². The number of likely N-dealkylation sites (N-methyl/N-ethyl adjacent to an activating group) is 1. The Labute approximate surface area is 94.6 Å². The molecule has 1 aromatic carbocycles. The van der Waals surface area contributed by atoms with Crippen LogP contribution >= 0.6 is 0 Å². The van der Waals surface area contributed by atoms with E-state index in [4.69, 9.17) is 0 Å². The molecule has 0 heterocycles. The van der Waals surface area contributed by atoms with Crippen LogP contribution < -0.4 is 5.32 Å². The molecular formula is C12H15FN2O. The minimum atomic E-state index is -0.329. The molecule has 1 rings (SSSR count). The first-order chi connectivity index (χ1) is 7.56. The average molecular weight is 222 g/mol. The fourth-order valence-corrected chi connectivity index (χ4v) is 1.23. The van der Waals surface area contributed by atoms with Gasteiger partial charge in [0.05, 0.1) is 0 Å². The first-order valence-corrected chi connectivity index (χ1v) is 4.94. The van der Waals surface area contributed by atoms with Crippen LogP contribution in [0, 0.1) is 12.7 Å². The minimum Gasteiger partial charge on any atom is -0.324 e. The number of urea groups is 1. The summed E-state index contributed by atoms with van der Waals surface area (Å²) in [4.78, 5) is 13.1. The van der Waals surface area contributed by atoms with Gasteiger partial charge in [0, 0.05) is 24.8 Å². The van der Waals surface area contributed by atoms with Crippen LogP contribution in [0.3, 0.4) is 0 Å². The van der Waals surface area contributed by atoms with Crippen molar-refractivity contribution < 1.29 is 9.18 Å². The summed E-state index contributed by atoms with van der Waals surface area (Å²) in [6.07, 6.45) is 1.62. The number of hydrogen-bond donors (Lipinski definition) is 1. The van der Waals surface area contributed by atoms with E-state index in [1.54, 1.807) is 32.2 Å². The number of carbonyl (C=O) groups is 1. The van der Waals surface area contributed by atoms with Gasteiger partial charge in [0.15, 0.2) is 0 Å². The highest BCUT2D eigenvalue weighted by Gasteiger charge is 2.09. The number of anilines is 1. The summed E-state index contributed by atoms with van der Waals surface area (Å²) in [6.45, 7) is 5.61. The Morgan fingerprint density at radius 3 is 2.94 bits per heavy atom. The molecule has 0 fully saturated rings. The topological polar surface area (TPSA) is 32.3 Å². The average Bonchev–Trinajstić information content (AvgIpc) is 2.25. The van der Waals surface area contributed by atoms with Crippen LogP contribution in [0.5, 0.6) is 0 Å². The van der Waals surface area contributed by atoms with Crippen molar-refractivity contribution in [2.24, 2.45) is 0 Å². The molecule has 0 radical (unpaired) electrons. The fraction of sp³-hybridized carbons (Fsp3) is 0.250. The number of nitrogens with one attached hydrogen (secondary N) is 1. The molecule has 0 aromatic heterocycles. The van der Waals surface area contributed by atoms with E-state index in [0.29, 0.717) is 17.8 Å². The zero-order valence-corrected chi connectivity index (χ0v) is 9.46. The summed E-state index contributed by atoms with van der Waals surface area (Å²) in [5.41, 5.74) is 0.920. The van der Waals surface area contributed by atoms with Crippen molar-refractivity contribution in [3.8, 4) is 0 Å². The van der Waals surface area contributed by atoms with E-state index in [1.807, 2.05) is 0 Å². The van der Waals surface area contributed by atoms with Gasteiger partial charge in [0.2, 0.25) is 0 Å². The zero-order chi connectivity index (χ0) is 12.1. The van der Waals surface area contributed by atoms with E-state index in [0.717, 1.165) is 0 Å². The van der Waals surface area contributed by atoms with Crippen molar-refractivity contribution in [2.75, 3.05) is 18.9 Å². The number of nitrogens with zero attached hydrogens (tertiary/aromatic N) is 1. The van der Waals surface area contributed by atoms with E-state index in [-0.39, 0.29) is 11.8 Å². The van der Waals surface area contributed by atoms with Gasteiger partial charge in [-0.05, 0) is 19.1 Å². The van der Waals surface area contributed by atoms with Gasteiger partial charge in [0.1, 0.15) is 5.82 Å². The summed E-state index contributed by atoms with van der Waals surface area (Å²) in [7, 11) is 1.64. The summed E-state index contributed by atoms with van der Waals surface area (Å²) < 4.78 is 13.2. The number of carbonyl (C=O) groups excluding carboxylic acids is 1. The Hall–Kier alpha value is -1.84. The highest BCUT2D eigenvalue weighted by atomic mass is 19.1. The SMILES string of the molecule is C=CCN(C)C(=O)Nc1cccc(F)c1C. The van der Waals surface area contributed by atoms with Gasteiger partial charge in [-0.3, -0.25) is 0 Å². The third kappa shape index (κ3) is 2.82. The van der Waals surface area contributed by atoms with Crippen molar-refractivity contribution in [1.29, 1.82) is 0 Å². The van der Waals surface area contributed by atoms with Crippen molar-refractivity contribution in [3.05, 3.63) is 42.2 Å². The minimum absolute atomic E-state index is 0.284. The maximum absolute atomic E-state index is 13.2. The first kappa shape index (κ1) is 12.2. The van der Waals surface area contributed by atoms with E-state index < -0.39 is 0 Å². The highest BCUT2D eigenvalue weighted by molar-refractivity contribution is 5.90. The zero-order valence-electron chi connectivity index (χ0n) is 9.46. The molecule has 0 bridgehead atoms. The molecule has 1 N–H and O–H groups in total. The van der Waals surface area contributed by atoms with Crippen LogP contribution in [0.4, 0.5) is 14.9 Å². The van der Waals surface area contributed by atoms with Crippen molar-refractivity contribution in [1.82, 2.24) is 4.90 Å². The van der Waals surface area contributed by atoms with Crippen LogP contribution in [0.2, 0.25) is 0 Å². The summed E-state index contributed by atoms with van der Waals surface area (Å²) >= 11 is 0. The van der Waals surface area contributed by atoms with Gasteiger partial charge in [-0.15, -0.1) is 6.58 Å². The van der Waals surface area contributed by atoms with Crippen LogP contribution in [-0.4, -0.2) is 24.5 Å². The summed E-state index contributed by atoms with van der Waals surface area (Å²) in [5, 5.41) is 2.63. The lowest BCUT2D eigenvalue weighted by Crippen LogP contribution is -2.31. The molecule has 86 valence electrons. The molecule has 0 aliphatic heterocycles. The Balaban J connectivity index is 2.77. The molecule has 4 heteroatoms. The lowest BCUT2D eigenvalue weighted by atomic mass is 10.2. The molecule has 0 saturated carbocycles. The van der Waals surface area contributed by atoms with Crippen LogP contribution in [0.15, 0.2) is 30.9 Å². The molecule has 1 aromatic rings. The Morgan fingerprint density at radius 2 is 2.31 bits per heavy atom. The van der Waals surface area contributed by atoms with E-state index in [9.17, 15) is 9.18 Å². The van der Waals surface area contributed by atoms with Gasteiger partial charge < -0.3 is 10.2 Å². The smallest absolute Gasteiger partial charge is 0.321 e. The molecule has 0 unspecified atom stereocenters. The lowest BCUT2D eigenvalue weighted by molar-refractivity contribution is 0.226. The second-order valence-corrected chi connectivity index (χ2v) is 3.51. The van der Waals surface area contributed by atoms with Crippen molar-refractivity contribution in [2.45, 2.75) is 6.92 Å². The molecule has 0 aliphatic carbocycles. The molecule has 0 saturated heterocycles. The Kier molecular flexibility index (Phi) is 4.05.